The van der Waals surface area contributed by atoms with Gasteiger partial charge in [-0.05, 0) is 67.8 Å². The second-order valence-corrected chi connectivity index (χ2v) is 8.28. The largest absolute Gasteiger partial charge is 0.494 e. The van der Waals surface area contributed by atoms with E-state index in [-0.39, 0.29) is 10.5 Å². The number of carbonyl (C=O) groups is 1. The molecule has 2 aromatic rings. The highest BCUT2D eigenvalue weighted by molar-refractivity contribution is 7.89. The van der Waals surface area contributed by atoms with E-state index in [9.17, 15) is 13.2 Å². The average Bonchev–Trinajstić information content (AvgIpc) is 3.25. The first-order chi connectivity index (χ1) is 13.5. The van der Waals surface area contributed by atoms with Gasteiger partial charge in [0.05, 0.1) is 17.7 Å². The Labute approximate surface area is 165 Å². The van der Waals surface area contributed by atoms with Gasteiger partial charge in [0.2, 0.25) is 10.0 Å². The maximum atomic E-state index is 12.6. The Bertz CT molecular complexity index is 950. The molecule has 0 unspecified atom stereocenters. The summed E-state index contributed by atoms with van der Waals surface area (Å²) in [6, 6.07) is 13.3. The fourth-order valence-corrected chi connectivity index (χ4v) is 4.49. The van der Waals surface area contributed by atoms with Crippen LogP contribution in [0, 0.1) is 0 Å². The van der Waals surface area contributed by atoms with Gasteiger partial charge in [-0.1, -0.05) is 6.07 Å². The summed E-state index contributed by atoms with van der Waals surface area (Å²) in [5.41, 5.74) is 3.47. The van der Waals surface area contributed by atoms with Crippen molar-refractivity contribution in [1.29, 1.82) is 0 Å². The number of nitrogens with zero attached hydrogens (tertiary/aromatic N) is 2. The molecular weight excluding hydrogens is 378 g/mol. The highest BCUT2D eigenvalue weighted by Gasteiger charge is 2.27. The maximum absolute atomic E-state index is 12.6. The molecule has 0 radical (unpaired) electrons. The van der Waals surface area contributed by atoms with Crippen LogP contribution < -0.4 is 10.2 Å². The molecule has 0 aliphatic carbocycles. The number of ether oxygens (including phenoxy) is 1. The number of hydrogen-bond donors (Lipinski definition) is 1. The van der Waals surface area contributed by atoms with Crippen molar-refractivity contribution < 1.29 is 17.9 Å². The Hall–Kier alpha value is -2.71. The van der Waals surface area contributed by atoms with Gasteiger partial charge < -0.3 is 4.74 Å². The normalized spacial score (nSPS) is 15.0. The van der Waals surface area contributed by atoms with Crippen molar-refractivity contribution >= 4 is 22.1 Å². The van der Waals surface area contributed by atoms with Gasteiger partial charge in [-0.2, -0.15) is 9.41 Å². The molecule has 1 N–H and O–H groups in total. The van der Waals surface area contributed by atoms with Crippen LogP contribution in [0.25, 0.3) is 0 Å². The molecule has 1 heterocycles. The van der Waals surface area contributed by atoms with Crippen LogP contribution >= 0.6 is 0 Å². The molecular formula is C20H23N3O4S. The van der Waals surface area contributed by atoms with Gasteiger partial charge in [0.25, 0.3) is 5.91 Å². The standard InChI is InChI=1S/C20H23N3O4S/c1-2-27-18-10-8-16(9-11-18)15-21-22-20(24)17-6-5-7-19(14-17)28(25,26)23-12-3-4-13-23/h5-11,14-15H,2-4,12-13H2,1H3,(H,22,24)/b21-15-. The molecule has 7 nitrogen and oxygen atoms in total. The summed E-state index contributed by atoms with van der Waals surface area (Å²) < 4.78 is 32.1. The third-order valence-corrected chi connectivity index (χ3v) is 6.26. The van der Waals surface area contributed by atoms with Crippen LogP contribution in [-0.4, -0.2) is 44.5 Å². The van der Waals surface area contributed by atoms with Crippen molar-refractivity contribution in [1.82, 2.24) is 9.73 Å². The molecule has 2 aromatic carbocycles. The molecule has 28 heavy (non-hydrogen) atoms. The summed E-state index contributed by atoms with van der Waals surface area (Å²) in [4.78, 5) is 12.4. The van der Waals surface area contributed by atoms with Gasteiger partial charge in [-0.15, -0.1) is 0 Å². The SMILES string of the molecule is CCOc1ccc(/C=N\NC(=O)c2cccc(S(=O)(=O)N3CCCC3)c2)cc1. The fourth-order valence-electron chi connectivity index (χ4n) is 2.92. The summed E-state index contributed by atoms with van der Waals surface area (Å²) in [6.45, 7) is 3.54. The van der Waals surface area contributed by atoms with E-state index in [1.54, 1.807) is 12.1 Å². The highest BCUT2D eigenvalue weighted by atomic mass is 32.2. The number of carbonyl (C=O) groups excluding carboxylic acids is 1. The summed E-state index contributed by atoms with van der Waals surface area (Å²) in [6.07, 6.45) is 3.23. The van der Waals surface area contributed by atoms with Crippen LogP contribution in [0.3, 0.4) is 0 Å². The number of amides is 1. The van der Waals surface area contributed by atoms with Gasteiger partial charge in [-0.25, -0.2) is 13.8 Å². The van der Waals surface area contributed by atoms with Crippen LogP contribution in [0.5, 0.6) is 5.75 Å². The Kier molecular flexibility index (Phi) is 6.43. The molecule has 0 bridgehead atoms. The number of hydrazone groups is 1. The van der Waals surface area contributed by atoms with Crippen molar-refractivity contribution in [3.8, 4) is 5.75 Å². The summed E-state index contributed by atoms with van der Waals surface area (Å²) in [5.74, 6) is 0.292. The first kappa shape index (κ1) is 20.0. The van der Waals surface area contributed by atoms with Gasteiger partial charge in [0.15, 0.2) is 0 Å². The van der Waals surface area contributed by atoms with Crippen molar-refractivity contribution in [3.63, 3.8) is 0 Å². The number of benzene rings is 2. The third kappa shape index (κ3) is 4.76. The average molecular weight is 401 g/mol. The van der Waals surface area contributed by atoms with E-state index in [0.29, 0.717) is 19.7 Å². The van der Waals surface area contributed by atoms with E-state index < -0.39 is 15.9 Å². The highest BCUT2D eigenvalue weighted by Crippen LogP contribution is 2.21. The van der Waals surface area contributed by atoms with E-state index in [4.69, 9.17) is 4.74 Å². The predicted octanol–water partition coefficient (Wildman–Crippen LogP) is 2.63. The molecule has 148 valence electrons. The molecule has 1 saturated heterocycles. The van der Waals surface area contributed by atoms with E-state index in [1.807, 2.05) is 31.2 Å². The van der Waals surface area contributed by atoms with Gasteiger partial charge in [0.1, 0.15) is 5.75 Å². The lowest BCUT2D eigenvalue weighted by atomic mass is 10.2. The lowest BCUT2D eigenvalue weighted by molar-refractivity contribution is 0.0955. The second kappa shape index (κ2) is 8.99. The molecule has 8 heteroatoms. The second-order valence-electron chi connectivity index (χ2n) is 6.34. The van der Waals surface area contributed by atoms with E-state index in [1.165, 1.54) is 22.7 Å². The molecule has 0 spiro atoms. The van der Waals surface area contributed by atoms with E-state index in [0.717, 1.165) is 24.2 Å². The smallest absolute Gasteiger partial charge is 0.271 e. The maximum Gasteiger partial charge on any atom is 0.271 e. The Morgan fingerprint density at radius 3 is 2.57 bits per heavy atom. The van der Waals surface area contributed by atoms with Crippen LogP contribution in [0.2, 0.25) is 0 Å². The van der Waals surface area contributed by atoms with Crippen molar-refractivity contribution in [2.24, 2.45) is 5.10 Å². The van der Waals surface area contributed by atoms with Crippen molar-refractivity contribution in [2.75, 3.05) is 19.7 Å². The minimum atomic E-state index is -3.56. The van der Waals surface area contributed by atoms with Crippen LogP contribution in [-0.2, 0) is 10.0 Å². The van der Waals surface area contributed by atoms with Crippen LogP contribution in [0.15, 0.2) is 58.5 Å². The van der Waals surface area contributed by atoms with Gasteiger partial charge in [-0.3, -0.25) is 4.79 Å². The van der Waals surface area contributed by atoms with Crippen LogP contribution in [0.1, 0.15) is 35.7 Å². The first-order valence-corrected chi connectivity index (χ1v) is 10.6. The van der Waals surface area contributed by atoms with Gasteiger partial charge in [0, 0.05) is 18.7 Å². The Morgan fingerprint density at radius 2 is 1.89 bits per heavy atom. The Morgan fingerprint density at radius 1 is 1.18 bits per heavy atom. The molecule has 0 aromatic heterocycles. The molecule has 0 atom stereocenters. The number of sulfonamides is 1. The first-order valence-electron chi connectivity index (χ1n) is 9.17. The van der Waals surface area contributed by atoms with E-state index in [2.05, 4.69) is 10.5 Å². The molecule has 0 saturated carbocycles. The third-order valence-electron chi connectivity index (χ3n) is 4.37. The van der Waals surface area contributed by atoms with E-state index >= 15 is 0 Å². The zero-order valence-corrected chi connectivity index (χ0v) is 16.5. The quantitative estimate of drug-likeness (QED) is 0.571. The lowest BCUT2D eigenvalue weighted by Gasteiger charge is -2.15. The zero-order chi connectivity index (χ0) is 20.0. The lowest BCUT2D eigenvalue weighted by Crippen LogP contribution is -2.28. The summed E-state index contributed by atoms with van der Waals surface area (Å²) in [7, 11) is -3.56. The molecule has 1 amide bonds. The topological polar surface area (TPSA) is 88.1 Å². The monoisotopic (exact) mass is 401 g/mol. The molecule has 1 aliphatic heterocycles. The number of rotatable bonds is 7. The zero-order valence-electron chi connectivity index (χ0n) is 15.7. The van der Waals surface area contributed by atoms with Crippen molar-refractivity contribution in [3.05, 3.63) is 59.7 Å². The number of hydrogen-bond acceptors (Lipinski definition) is 5. The molecule has 3 rings (SSSR count). The fraction of sp³-hybridized carbons (Fsp3) is 0.300. The molecule has 1 fully saturated rings. The summed E-state index contributed by atoms with van der Waals surface area (Å²) in [5, 5.41) is 3.94. The number of nitrogens with one attached hydrogen (secondary N) is 1. The predicted molar refractivity (Wildman–Crippen MR) is 107 cm³/mol. The van der Waals surface area contributed by atoms with Crippen molar-refractivity contribution in [2.45, 2.75) is 24.7 Å². The molecule has 1 aliphatic rings. The minimum Gasteiger partial charge on any atom is -0.494 e. The Balaban J connectivity index is 1.66. The minimum absolute atomic E-state index is 0.123. The summed E-state index contributed by atoms with van der Waals surface area (Å²) >= 11 is 0. The van der Waals surface area contributed by atoms with Gasteiger partial charge >= 0.3 is 0 Å². The van der Waals surface area contributed by atoms with Crippen LogP contribution in [0.4, 0.5) is 0 Å².